The molecule has 0 N–H and O–H groups in total. The van der Waals surface area contributed by atoms with Gasteiger partial charge < -0.3 is 14.4 Å². The molecule has 28 heavy (non-hydrogen) atoms. The van der Waals surface area contributed by atoms with Gasteiger partial charge in [0.2, 0.25) is 0 Å². The first kappa shape index (κ1) is 20.0. The zero-order valence-corrected chi connectivity index (χ0v) is 16.2. The fourth-order valence-electron chi connectivity index (χ4n) is 3.37. The number of para-hydroxylation sites is 2. The number of anilines is 2. The summed E-state index contributed by atoms with van der Waals surface area (Å²) >= 11 is 0. The molecule has 0 aliphatic heterocycles. The van der Waals surface area contributed by atoms with Gasteiger partial charge in [0, 0.05) is 26.8 Å². The number of rotatable bonds is 7. The molecule has 0 saturated heterocycles. The molecule has 2 aromatic heterocycles. The molecule has 0 aliphatic carbocycles. The molecule has 0 fully saturated rings. The van der Waals surface area contributed by atoms with Crippen LogP contribution in [-0.2, 0) is 13.1 Å². The third-order valence-electron chi connectivity index (χ3n) is 4.58. The first-order valence-electron chi connectivity index (χ1n) is 9.17. The Labute approximate surface area is 162 Å². The Bertz CT molecular complexity index is 935. The summed E-state index contributed by atoms with van der Waals surface area (Å²) in [5.41, 5.74) is 3.09. The number of hydrogen-bond donors (Lipinski definition) is 0. The maximum atomic E-state index is 12.8. The molecule has 0 unspecified atom stereocenters. The highest BCUT2D eigenvalue weighted by Crippen LogP contribution is 2.30. The number of imidazole rings is 1. The molecule has 8 heteroatoms. The normalized spacial score (nSPS) is 11.8. The van der Waals surface area contributed by atoms with E-state index in [-0.39, 0.29) is 0 Å². The van der Waals surface area contributed by atoms with Crippen LogP contribution in [0.25, 0.3) is 11.0 Å². The van der Waals surface area contributed by atoms with E-state index >= 15 is 0 Å². The molecule has 0 saturated carbocycles. The minimum absolute atomic E-state index is 0.466. The molecule has 0 radical (unpaired) electrons. The lowest BCUT2D eigenvalue weighted by atomic mass is 10.2. The highest BCUT2D eigenvalue weighted by atomic mass is 19.4. The van der Waals surface area contributed by atoms with Crippen molar-refractivity contribution in [3.63, 3.8) is 0 Å². The molecule has 0 atom stereocenters. The Hall–Kier alpha value is -2.77. The lowest BCUT2D eigenvalue weighted by Gasteiger charge is -2.28. The van der Waals surface area contributed by atoms with E-state index < -0.39 is 12.7 Å². The van der Waals surface area contributed by atoms with Crippen molar-refractivity contribution in [2.24, 2.45) is 0 Å². The van der Waals surface area contributed by atoms with Crippen LogP contribution in [0.4, 0.5) is 24.5 Å². The van der Waals surface area contributed by atoms with Gasteiger partial charge in [0.15, 0.2) is 0 Å². The fraction of sp³-hybridized carbons (Fsp3) is 0.400. The van der Waals surface area contributed by atoms with Gasteiger partial charge in [-0.3, -0.25) is 4.98 Å². The number of alkyl halides is 3. The van der Waals surface area contributed by atoms with Crippen molar-refractivity contribution >= 4 is 22.4 Å². The highest BCUT2D eigenvalue weighted by molar-refractivity contribution is 5.76. The van der Waals surface area contributed by atoms with E-state index in [2.05, 4.69) is 16.5 Å². The molecule has 2 heterocycles. The van der Waals surface area contributed by atoms with Gasteiger partial charge in [0.25, 0.3) is 0 Å². The molecule has 150 valence electrons. The third-order valence-corrected chi connectivity index (χ3v) is 4.58. The molecule has 1 aromatic carbocycles. The highest BCUT2D eigenvalue weighted by Gasteiger charge is 2.30. The third kappa shape index (κ3) is 4.37. The van der Waals surface area contributed by atoms with Crippen molar-refractivity contribution in [3.05, 3.63) is 48.5 Å². The summed E-state index contributed by atoms with van der Waals surface area (Å²) in [6, 6.07) is 9.54. The van der Waals surface area contributed by atoms with Crippen molar-refractivity contribution < 1.29 is 13.2 Å². The summed E-state index contributed by atoms with van der Waals surface area (Å²) in [5.74, 6) is 0.874. The molecule has 3 aromatic rings. The van der Waals surface area contributed by atoms with Crippen LogP contribution in [0.15, 0.2) is 42.7 Å². The second-order valence-corrected chi connectivity index (χ2v) is 6.86. The molecular weight excluding hydrogens is 367 g/mol. The smallest absolute Gasteiger partial charge is 0.364 e. The van der Waals surface area contributed by atoms with Crippen LogP contribution in [0.5, 0.6) is 0 Å². The van der Waals surface area contributed by atoms with E-state index in [0.29, 0.717) is 17.9 Å². The number of fused-ring (bicyclic) bond motifs is 1. The summed E-state index contributed by atoms with van der Waals surface area (Å²) < 4.78 is 40.7. The maximum Gasteiger partial charge on any atom is 0.405 e. The topological polar surface area (TPSA) is 37.2 Å². The van der Waals surface area contributed by atoms with Crippen LogP contribution in [0.1, 0.15) is 19.2 Å². The van der Waals surface area contributed by atoms with Crippen LogP contribution in [-0.4, -0.2) is 41.4 Å². The van der Waals surface area contributed by atoms with E-state index in [1.165, 1.54) is 18.1 Å². The number of pyridine rings is 1. The first-order valence-corrected chi connectivity index (χ1v) is 9.17. The lowest BCUT2D eigenvalue weighted by molar-refractivity contribution is -0.119. The maximum absolute atomic E-state index is 12.8. The van der Waals surface area contributed by atoms with Crippen molar-refractivity contribution in [3.8, 4) is 0 Å². The van der Waals surface area contributed by atoms with Crippen LogP contribution in [0, 0.1) is 0 Å². The average Bonchev–Trinajstić information content (AvgIpc) is 2.98. The second-order valence-electron chi connectivity index (χ2n) is 6.86. The standard InChI is InChI=1S/C20H24F3N5/c1-4-11-28-16-8-6-5-7-15(16)25-19(28)13-26(2)18-12-24-10-9-17(18)27(3)14-20(21,22)23/h5-10,12H,4,11,13-14H2,1-3H3. The van der Waals surface area contributed by atoms with E-state index in [9.17, 15) is 13.2 Å². The summed E-state index contributed by atoms with van der Waals surface area (Å²) in [4.78, 5) is 11.9. The van der Waals surface area contributed by atoms with Crippen LogP contribution in [0.2, 0.25) is 0 Å². The Balaban J connectivity index is 1.91. The van der Waals surface area contributed by atoms with Gasteiger partial charge >= 0.3 is 6.18 Å². The Kier molecular flexibility index (Phi) is 5.76. The van der Waals surface area contributed by atoms with Gasteiger partial charge in [0.05, 0.1) is 35.1 Å². The Morgan fingerprint density at radius 3 is 2.50 bits per heavy atom. The number of aromatic nitrogens is 3. The summed E-state index contributed by atoms with van der Waals surface area (Å²) in [7, 11) is 3.28. The van der Waals surface area contributed by atoms with Crippen molar-refractivity contribution in [2.75, 3.05) is 30.4 Å². The second kappa shape index (κ2) is 8.08. The quantitative estimate of drug-likeness (QED) is 0.595. The SMILES string of the molecule is CCCn1c(CN(C)c2cnccc2N(C)CC(F)(F)F)nc2ccccc21. The van der Waals surface area contributed by atoms with Gasteiger partial charge in [-0.15, -0.1) is 0 Å². The monoisotopic (exact) mass is 391 g/mol. The molecule has 3 rings (SSSR count). The summed E-state index contributed by atoms with van der Waals surface area (Å²) in [6.45, 7) is 2.38. The van der Waals surface area contributed by atoms with Crippen molar-refractivity contribution in [1.82, 2.24) is 14.5 Å². The number of benzene rings is 1. The molecule has 0 amide bonds. The Morgan fingerprint density at radius 2 is 1.79 bits per heavy atom. The summed E-state index contributed by atoms with van der Waals surface area (Å²) in [5, 5.41) is 0. The van der Waals surface area contributed by atoms with E-state index in [4.69, 9.17) is 4.98 Å². The van der Waals surface area contributed by atoms with Crippen LogP contribution < -0.4 is 9.80 Å². The number of halogens is 3. The fourth-order valence-corrected chi connectivity index (χ4v) is 3.37. The summed E-state index contributed by atoms with van der Waals surface area (Å²) in [6.07, 6.45) is -0.215. The molecule has 0 spiro atoms. The van der Waals surface area contributed by atoms with Crippen molar-refractivity contribution in [2.45, 2.75) is 32.6 Å². The first-order chi connectivity index (χ1) is 13.3. The van der Waals surface area contributed by atoms with Gasteiger partial charge in [-0.05, 0) is 24.6 Å². The molecule has 0 aliphatic rings. The minimum atomic E-state index is -4.27. The molecule has 0 bridgehead atoms. The number of hydrogen-bond acceptors (Lipinski definition) is 4. The number of nitrogens with zero attached hydrogens (tertiary/aromatic N) is 5. The van der Waals surface area contributed by atoms with Crippen LogP contribution in [0.3, 0.4) is 0 Å². The van der Waals surface area contributed by atoms with E-state index in [0.717, 1.165) is 29.8 Å². The van der Waals surface area contributed by atoms with E-state index in [1.807, 2.05) is 36.2 Å². The van der Waals surface area contributed by atoms with Gasteiger partial charge in [-0.25, -0.2) is 4.98 Å². The average molecular weight is 391 g/mol. The van der Waals surface area contributed by atoms with Crippen LogP contribution >= 0.6 is 0 Å². The molecular formula is C20H24F3N5. The molecule has 5 nitrogen and oxygen atoms in total. The Morgan fingerprint density at radius 1 is 1.04 bits per heavy atom. The van der Waals surface area contributed by atoms with Crippen molar-refractivity contribution in [1.29, 1.82) is 0 Å². The predicted octanol–water partition coefficient (Wildman–Crippen LogP) is 4.48. The zero-order valence-electron chi connectivity index (χ0n) is 16.2. The van der Waals surface area contributed by atoms with Gasteiger partial charge in [0.1, 0.15) is 12.4 Å². The van der Waals surface area contributed by atoms with Gasteiger partial charge in [-0.2, -0.15) is 13.2 Å². The largest absolute Gasteiger partial charge is 0.405 e. The zero-order chi connectivity index (χ0) is 20.3. The minimum Gasteiger partial charge on any atom is -0.364 e. The lowest BCUT2D eigenvalue weighted by Crippen LogP contribution is -2.32. The predicted molar refractivity (Wildman–Crippen MR) is 106 cm³/mol. The van der Waals surface area contributed by atoms with Gasteiger partial charge in [-0.1, -0.05) is 19.1 Å². The van der Waals surface area contributed by atoms with E-state index in [1.54, 1.807) is 12.3 Å². The number of aryl methyl sites for hydroxylation is 1.